The molecule has 0 aromatic carbocycles. The average Bonchev–Trinajstić information content (AvgIpc) is 2.84. The zero-order valence-electron chi connectivity index (χ0n) is 10.6. The first-order valence-electron chi connectivity index (χ1n) is 5.74. The zero-order chi connectivity index (χ0) is 13.8. The Morgan fingerprint density at radius 1 is 1.47 bits per heavy atom. The molecule has 0 aliphatic rings. The van der Waals surface area contributed by atoms with Crippen molar-refractivity contribution in [2.45, 2.75) is 12.8 Å². The number of alkyl halides is 1. The van der Waals surface area contributed by atoms with E-state index in [9.17, 15) is 4.79 Å². The SMILES string of the molecule is CCOC(=O)c1cnc(-c2nccn2C)nc1CCl. The van der Waals surface area contributed by atoms with E-state index in [1.165, 1.54) is 6.20 Å². The number of carbonyl (C=O) groups is 1. The fraction of sp³-hybridized carbons (Fsp3) is 0.333. The first-order chi connectivity index (χ1) is 9.17. The first kappa shape index (κ1) is 13.5. The maximum atomic E-state index is 11.7. The molecule has 2 rings (SSSR count). The predicted octanol–water partition coefficient (Wildman–Crippen LogP) is 1.79. The van der Waals surface area contributed by atoms with Gasteiger partial charge in [-0.15, -0.1) is 11.6 Å². The Balaban J connectivity index is 2.42. The number of aryl methyl sites for hydroxylation is 1. The van der Waals surface area contributed by atoms with Gasteiger partial charge in [0.25, 0.3) is 0 Å². The van der Waals surface area contributed by atoms with Gasteiger partial charge in [0.15, 0.2) is 11.6 Å². The number of rotatable bonds is 4. The monoisotopic (exact) mass is 280 g/mol. The van der Waals surface area contributed by atoms with Gasteiger partial charge in [-0.2, -0.15) is 0 Å². The van der Waals surface area contributed by atoms with Crippen molar-refractivity contribution < 1.29 is 9.53 Å². The quantitative estimate of drug-likeness (QED) is 0.631. The number of halogens is 1. The molecule has 0 N–H and O–H groups in total. The summed E-state index contributed by atoms with van der Waals surface area (Å²) in [5.74, 6) is 0.677. The summed E-state index contributed by atoms with van der Waals surface area (Å²) in [6, 6.07) is 0. The third-order valence-electron chi connectivity index (χ3n) is 2.51. The standard InChI is InChI=1S/C12H13ClN4O2/c1-3-19-12(18)8-7-15-10(16-9(8)6-13)11-14-4-5-17(11)2/h4-5,7H,3,6H2,1-2H3. The minimum Gasteiger partial charge on any atom is -0.462 e. The van der Waals surface area contributed by atoms with Crippen molar-refractivity contribution in [3.8, 4) is 11.6 Å². The molecular weight excluding hydrogens is 268 g/mol. The van der Waals surface area contributed by atoms with E-state index in [-0.39, 0.29) is 11.4 Å². The Hall–Kier alpha value is -1.95. The number of esters is 1. The van der Waals surface area contributed by atoms with Crippen LogP contribution in [0.25, 0.3) is 11.6 Å². The van der Waals surface area contributed by atoms with Gasteiger partial charge < -0.3 is 9.30 Å². The van der Waals surface area contributed by atoms with Gasteiger partial charge in [0, 0.05) is 25.6 Å². The molecule has 0 saturated heterocycles. The van der Waals surface area contributed by atoms with E-state index < -0.39 is 5.97 Å². The minimum absolute atomic E-state index is 0.105. The van der Waals surface area contributed by atoms with Gasteiger partial charge >= 0.3 is 5.97 Å². The van der Waals surface area contributed by atoms with E-state index in [2.05, 4.69) is 15.0 Å². The Labute approximate surface area is 115 Å². The molecule has 0 radical (unpaired) electrons. The Morgan fingerprint density at radius 3 is 2.84 bits per heavy atom. The van der Waals surface area contributed by atoms with Gasteiger partial charge in [-0.05, 0) is 6.92 Å². The van der Waals surface area contributed by atoms with Crippen molar-refractivity contribution in [2.24, 2.45) is 7.05 Å². The number of hydrogen-bond donors (Lipinski definition) is 0. The lowest BCUT2D eigenvalue weighted by Crippen LogP contribution is -2.11. The molecule has 2 aromatic rings. The molecule has 100 valence electrons. The molecule has 7 heteroatoms. The zero-order valence-corrected chi connectivity index (χ0v) is 11.4. The maximum absolute atomic E-state index is 11.7. The van der Waals surface area contributed by atoms with Crippen molar-refractivity contribution in [2.75, 3.05) is 6.61 Å². The molecule has 0 aliphatic carbocycles. The second-order valence-electron chi connectivity index (χ2n) is 3.77. The lowest BCUT2D eigenvalue weighted by atomic mass is 10.2. The molecule has 0 atom stereocenters. The van der Waals surface area contributed by atoms with E-state index in [4.69, 9.17) is 16.3 Å². The average molecular weight is 281 g/mol. The molecule has 0 spiro atoms. The number of hydrogen-bond acceptors (Lipinski definition) is 5. The number of imidazole rings is 1. The molecular formula is C12H13ClN4O2. The van der Waals surface area contributed by atoms with Crippen molar-refractivity contribution in [3.63, 3.8) is 0 Å². The van der Waals surface area contributed by atoms with Crippen LogP contribution in [0.5, 0.6) is 0 Å². The lowest BCUT2D eigenvalue weighted by molar-refractivity contribution is 0.0524. The van der Waals surface area contributed by atoms with Crippen LogP contribution >= 0.6 is 11.6 Å². The molecule has 19 heavy (non-hydrogen) atoms. The molecule has 0 aliphatic heterocycles. The Kier molecular flexibility index (Phi) is 4.11. The van der Waals surface area contributed by atoms with Crippen LogP contribution in [0.3, 0.4) is 0 Å². The molecule has 6 nitrogen and oxygen atoms in total. The second-order valence-corrected chi connectivity index (χ2v) is 4.04. The lowest BCUT2D eigenvalue weighted by Gasteiger charge is -2.07. The molecule has 2 aromatic heterocycles. The van der Waals surface area contributed by atoms with Crippen LogP contribution in [0.15, 0.2) is 18.6 Å². The smallest absolute Gasteiger partial charge is 0.341 e. The van der Waals surface area contributed by atoms with Crippen molar-refractivity contribution >= 4 is 17.6 Å². The van der Waals surface area contributed by atoms with Crippen molar-refractivity contribution in [1.82, 2.24) is 19.5 Å². The van der Waals surface area contributed by atoms with E-state index >= 15 is 0 Å². The van der Waals surface area contributed by atoms with E-state index in [1.807, 2.05) is 7.05 Å². The molecule has 2 heterocycles. The van der Waals surface area contributed by atoms with E-state index in [1.54, 1.807) is 23.9 Å². The number of ether oxygens (including phenoxy) is 1. The summed E-state index contributed by atoms with van der Waals surface area (Å²) in [6.07, 6.45) is 4.86. The highest BCUT2D eigenvalue weighted by Crippen LogP contribution is 2.16. The van der Waals surface area contributed by atoms with Crippen LogP contribution < -0.4 is 0 Å². The Bertz CT molecular complexity index is 597. The summed E-state index contributed by atoms with van der Waals surface area (Å²) in [6.45, 7) is 2.03. The number of nitrogens with zero attached hydrogens (tertiary/aromatic N) is 4. The van der Waals surface area contributed by atoms with E-state index in [0.717, 1.165) is 0 Å². The normalized spacial score (nSPS) is 10.5. The fourth-order valence-corrected chi connectivity index (χ4v) is 1.79. The third kappa shape index (κ3) is 2.73. The summed E-state index contributed by atoms with van der Waals surface area (Å²) in [7, 11) is 1.84. The van der Waals surface area contributed by atoms with Gasteiger partial charge in [0.1, 0.15) is 5.56 Å². The predicted molar refractivity (Wildman–Crippen MR) is 69.7 cm³/mol. The highest BCUT2D eigenvalue weighted by molar-refractivity contribution is 6.17. The summed E-state index contributed by atoms with van der Waals surface area (Å²) in [4.78, 5) is 24.3. The molecule has 0 fully saturated rings. The molecule has 0 amide bonds. The van der Waals surface area contributed by atoms with Crippen molar-refractivity contribution in [1.29, 1.82) is 0 Å². The number of aromatic nitrogens is 4. The molecule has 0 bridgehead atoms. The van der Waals surface area contributed by atoms with Crippen molar-refractivity contribution in [3.05, 3.63) is 29.8 Å². The van der Waals surface area contributed by atoms with Crippen LogP contribution in [-0.2, 0) is 17.7 Å². The van der Waals surface area contributed by atoms with Crippen LogP contribution in [0.1, 0.15) is 23.0 Å². The summed E-state index contributed by atoms with van der Waals surface area (Å²) in [5.41, 5.74) is 0.725. The summed E-state index contributed by atoms with van der Waals surface area (Å²) in [5, 5.41) is 0. The largest absolute Gasteiger partial charge is 0.462 e. The van der Waals surface area contributed by atoms with Crippen LogP contribution in [-0.4, -0.2) is 32.1 Å². The highest BCUT2D eigenvalue weighted by atomic mass is 35.5. The number of carbonyl (C=O) groups excluding carboxylic acids is 1. The van der Waals surface area contributed by atoms with Gasteiger partial charge in [-0.3, -0.25) is 0 Å². The summed E-state index contributed by atoms with van der Waals surface area (Å²) < 4.78 is 6.72. The van der Waals surface area contributed by atoms with Crippen LogP contribution in [0.4, 0.5) is 0 Å². The van der Waals surface area contributed by atoms with Gasteiger partial charge in [-0.1, -0.05) is 0 Å². The van der Waals surface area contributed by atoms with Crippen LogP contribution in [0.2, 0.25) is 0 Å². The topological polar surface area (TPSA) is 69.9 Å². The van der Waals surface area contributed by atoms with Gasteiger partial charge in [0.2, 0.25) is 0 Å². The molecule has 0 saturated carbocycles. The van der Waals surface area contributed by atoms with Crippen LogP contribution in [0, 0.1) is 0 Å². The molecule has 0 unspecified atom stereocenters. The summed E-state index contributed by atoms with van der Waals surface area (Å²) >= 11 is 5.82. The van der Waals surface area contributed by atoms with Gasteiger partial charge in [0.05, 0.1) is 18.2 Å². The highest BCUT2D eigenvalue weighted by Gasteiger charge is 2.17. The fourth-order valence-electron chi connectivity index (χ4n) is 1.59. The Morgan fingerprint density at radius 2 is 2.26 bits per heavy atom. The third-order valence-corrected chi connectivity index (χ3v) is 2.76. The second kappa shape index (κ2) is 5.79. The van der Waals surface area contributed by atoms with E-state index in [0.29, 0.717) is 23.9 Å². The first-order valence-corrected chi connectivity index (χ1v) is 6.27. The van der Waals surface area contributed by atoms with Gasteiger partial charge in [-0.25, -0.2) is 19.7 Å². The minimum atomic E-state index is -0.468. The maximum Gasteiger partial charge on any atom is 0.341 e.